The highest BCUT2D eigenvalue weighted by Gasteiger charge is 2.28. The lowest BCUT2D eigenvalue weighted by molar-refractivity contribution is 0.106. The van der Waals surface area contributed by atoms with Gasteiger partial charge in [-0.1, -0.05) is 63.1 Å². The number of aliphatic hydroxyl groups excluding tert-OH is 1. The monoisotopic (exact) mass is 268 g/mol. The molecule has 1 fully saturated rings. The van der Waals surface area contributed by atoms with Crippen molar-refractivity contribution in [2.75, 3.05) is 0 Å². The smallest absolute Gasteiger partial charge is 0.0609 e. The topological polar surface area (TPSA) is 20.2 Å². The average molecular weight is 268 g/mol. The van der Waals surface area contributed by atoms with Crippen LogP contribution in [-0.4, -0.2) is 11.2 Å². The third-order valence-electron chi connectivity index (χ3n) is 4.73. The Morgan fingerprint density at radius 2 is 1.75 bits per heavy atom. The molecule has 0 unspecified atom stereocenters. The predicted octanol–water partition coefficient (Wildman–Crippen LogP) is 4.98. The minimum Gasteiger partial charge on any atom is -0.392 e. The van der Waals surface area contributed by atoms with E-state index in [2.05, 4.69) is 50.2 Å². The Bertz CT molecular complexity index is 600. The highest BCUT2D eigenvalue weighted by Crippen LogP contribution is 2.40. The maximum Gasteiger partial charge on any atom is 0.0609 e. The third kappa shape index (κ3) is 2.35. The van der Waals surface area contributed by atoms with E-state index >= 15 is 0 Å². The molecular formula is C19H24O. The molecule has 106 valence electrons. The Kier molecular flexibility index (Phi) is 3.80. The summed E-state index contributed by atoms with van der Waals surface area (Å²) < 4.78 is 0. The molecule has 20 heavy (non-hydrogen) atoms. The van der Waals surface area contributed by atoms with Gasteiger partial charge in [-0.3, -0.25) is 0 Å². The number of rotatable bonds is 2. The van der Waals surface area contributed by atoms with Crippen LogP contribution in [0.4, 0.5) is 0 Å². The van der Waals surface area contributed by atoms with E-state index in [-0.39, 0.29) is 6.10 Å². The molecule has 2 atom stereocenters. The second-order valence-electron chi connectivity index (χ2n) is 6.40. The first-order valence-electron chi connectivity index (χ1n) is 7.88. The summed E-state index contributed by atoms with van der Waals surface area (Å²) in [4.78, 5) is 0. The highest BCUT2D eigenvalue weighted by atomic mass is 16.3. The van der Waals surface area contributed by atoms with E-state index in [0.717, 1.165) is 12.8 Å². The Hall–Kier alpha value is -1.34. The maximum absolute atomic E-state index is 10.5. The molecule has 1 heteroatoms. The standard InChI is InChI=1S/C19H24O/c1-13(2)15-12-11-14-7-3-4-8-16(14)19(15)17-9-5-6-10-18(17)20/h3-4,7-8,11-13,17-18,20H,5-6,9-10H2,1-2H3/t17-,18+/m1/s1. The average Bonchev–Trinajstić information content (AvgIpc) is 2.46. The van der Waals surface area contributed by atoms with Crippen LogP contribution in [0.15, 0.2) is 36.4 Å². The zero-order chi connectivity index (χ0) is 14.1. The summed E-state index contributed by atoms with van der Waals surface area (Å²) in [6.07, 6.45) is 4.30. The van der Waals surface area contributed by atoms with Crippen molar-refractivity contribution < 1.29 is 5.11 Å². The molecule has 1 N–H and O–H groups in total. The summed E-state index contributed by atoms with van der Waals surface area (Å²) in [6, 6.07) is 13.1. The van der Waals surface area contributed by atoms with Crippen molar-refractivity contribution >= 4 is 10.8 Å². The fourth-order valence-corrected chi connectivity index (χ4v) is 3.68. The van der Waals surface area contributed by atoms with Crippen LogP contribution in [0.5, 0.6) is 0 Å². The molecule has 1 nitrogen and oxygen atoms in total. The Labute approximate surface area is 121 Å². The summed E-state index contributed by atoms with van der Waals surface area (Å²) in [5, 5.41) is 13.1. The van der Waals surface area contributed by atoms with E-state index in [9.17, 15) is 5.11 Å². The van der Waals surface area contributed by atoms with Gasteiger partial charge in [-0.05, 0) is 40.7 Å². The first kappa shape index (κ1) is 13.6. The lowest BCUT2D eigenvalue weighted by atomic mass is 9.76. The molecule has 2 aromatic carbocycles. The molecule has 1 aliphatic carbocycles. The van der Waals surface area contributed by atoms with Crippen LogP contribution in [0, 0.1) is 0 Å². The molecule has 2 aromatic rings. The van der Waals surface area contributed by atoms with E-state index in [1.807, 2.05) is 0 Å². The van der Waals surface area contributed by atoms with Crippen molar-refractivity contribution in [1.82, 2.24) is 0 Å². The SMILES string of the molecule is CC(C)c1ccc2ccccc2c1[C@@H]1CCCC[C@@H]1O. The van der Waals surface area contributed by atoms with Crippen LogP contribution < -0.4 is 0 Å². The molecule has 1 aliphatic rings. The van der Waals surface area contributed by atoms with Gasteiger partial charge in [0.1, 0.15) is 0 Å². The first-order valence-corrected chi connectivity index (χ1v) is 7.88. The predicted molar refractivity (Wildman–Crippen MR) is 85.3 cm³/mol. The Morgan fingerprint density at radius 1 is 1.00 bits per heavy atom. The fourth-order valence-electron chi connectivity index (χ4n) is 3.68. The van der Waals surface area contributed by atoms with E-state index in [1.54, 1.807) is 0 Å². The van der Waals surface area contributed by atoms with Gasteiger partial charge in [0.25, 0.3) is 0 Å². The fraction of sp³-hybridized carbons (Fsp3) is 0.474. The second-order valence-corrected chi connectivity index (χ2v) is 6.40. The van der Waals surface area contributed by atoms with Crippen molar-refractivity contribution in [3.05, 3.63) is 47.5 Å². The summed E-state index contributed by atoms with van der Waals surface area (Å²) in [5.41, 5.74) is 2.82. The number of aliphatic hydroxyl groups is 1. The van der Waals surface area contributed by atoms with E-state index in [4.69, 9.17) is 0 Å². The Balaban J connectivity index is 2.21. The van der Waals surface area contributed by atoms with Gasteiger partial charge >= 0.3 is 0 Å². The van der Waals surface area contributed by atoms with E-state index in [1.165, 1.54) is 34.7 Å². The number of hydrogen-bond donors (Lipinski definition) is 1. The largest absolute Gasteiger partial charge is 0.392 e. The van der Waals surface area contributed by atoms with Crippen molar-refractivity contribution in [3.63, 3.8) is 0 Å². The normalized spacial score (nSPS) is 23.4. The van der Waals surface area contributed by atoms with E-state index < -0.39 is 0 Å². The number of hydrogen-bond acceptors (Lipinski definition) is 1. The van der Waals surface area contributed by atoms with Crippen molar-refractivity contribution in [2.24, 2.45) is 0 Å². The molecule has 0 amide bonds. The molecule has 0 spiro atoms. The van der Waals surface area contributed by atoms with Gasteiger partial charge in [0.05, 0.1) is 6.10 Å². The van der Waals surface area contributed by atoms with Gasteiger partial charge in [-0.25, -0.2) is 0 Å². The van der Waals surface area contributed by atoms with Crippen LogP contribution in [0.3, 0.4) is 0 Å². The van der Waals surface area contributed by atoms with Crippen molar-refractivity contribution in [2.45, 2.75) is 57.5 Å². The number of fused-ring (bicyclic) bond motifs is 1. The van der Waals surface area contributed by atoms with Gasteiger partial charge in [-0.15, -0.1) is 0 Å². The van der Waals surface area contributed by atoms with Crippen molar-refractivity contribution in [1.29, 1.82) is 0 Å². The summed E-state index contributed by atoms with van der Waals surface area (Å²) >= 11 is 0. The zero-order valence-electron chi connectivity index (χ0n) is 12.5. The summed E-state index contributed by atoms with van der Waals surface area (Å²) in [5.74, 6) is 0.816. The maximum atomic E-state index is 10.5. The van der Waals surface area contributed by atoms with Crippen LogP contribution >= 0.6 is 0 Å². The minimum atomic E-state index is -0.174. The summed E-state index contributed by atoms with van der Waals surface area (Å²) in [6.45, 7) is 4.51. The molecule has 0 aromatic heterocycles. The molecular weight excluding hydrogens is 244 g/mol. The van der Waals surface area contributed by atoms with Gasteiger partial charge in [0, 0.05) is 5.92 Å². The second kappa shape index (κ2) is 5.57. The highest BCUT2D eigenvalue weighted by molar-refractivity contribution is 5.87. The van der Waals surface area contributed by atoms with E-state index in [0.29, 0.717) is 11.8 Å². The van der Waals surface area contributed by atoms with Crippen LogP contribution in [-0.2, 0) is 0 Å². The van der Waals surface area contributed by atoms with Crippen molar-refractivity contribution in [3.8, 4) is 0 Å². The quantitative estimate of drug-likeness (QED) is 0.814. The molecule has 0 heterocycles. The molecule has 1 saturated carbocycles. The number of benzene rings is 2. The lowest BCUT2D eigenvalue weighted by Crippen LogP contribution is -2.24. The lowest BCUT2D eigenvalue weighted by Gasteiger charge is -2.31. The van der Waals surface area contributed by atoms with Gasteiger partial charge in [-0.2, -0.15) is 0 Å². The molecule has 3 rings (SSSR count). The van der Waals surface area contributed by atoms with Crippen LogP contribution in [0.2, 0.25) is 0 Å². The molecule has 0 saturated heterocycles. The zero-order valence-corrected chi connectivity index (χ0v) is 12.5. The molecule has 0 bridgehead atoms. The Morgan fingerprint density at radius 3 is 2.50 bits per heavy atom. The minimum absolute atomic E-state index is 0.174. The van der Waals surface area contributed by atoms with Crippen LogP contribution in [0.1, 0.15) is 62.5 Å². The molecule has 0 radical (unpaired) electrons. The van der Waals surface area contributed by atoms with Crippen LogP contribution in [0.25, 0.3) is 10.8 Å². The summed E-state index contributed by atoms with van der Waals surface area (Å²) in [7, 11) is 0. The van der Waals surface area contributed by atoms with Gasteiger partial charge < -0.3 is 5.11 Å². The first-order chi connectivity index (χ1) is 9.68. The van der Waals surface area contributed by atoms with Gasteiger partial charge in [0.2, 0.25) is 0 Å². The molecule has 0 aliphatic heterocycles. The van der Waals surface area contributed by atoms with Gasteiger partial charge in [0.15, 0.2) is 0 Å². The third-order valence-corrected chi connectivity index (χ3v) is 4.73.